The summed E-state index contributed by atoms with van der Waals surface area (Å²) in [5.41, 5.74) is 1.00. The number of amides is 1. The fourth-order valence-corrected chi connectivity index (χ4v) is 5.37. The Kier molecular flexibility index (Phi) is 6.86. The highest BCUT2D eigenvalue weighted by molar-refractivity contribution is 7.15. The van der Waals surface area contributed by atoms with Crippen molar-refractivity contribution in [2.75, 3.05) is 44.6 Å². The highest BCUT2D eigenvalue weighted by Crippen LogP contribution is 2.36. The molecule has 2 aromatic rings. The summed E-state index contributed by atoms with van der Waals surface area (Å²) in [5, 5.41) is 5.28. The van der Waals surface area contributed by atoms with Crippen LogP contribution >= 0.6 is 11.3 Å². The van der Waals surface area contributed by atoms with E-state index >= 15 is 0 Å². The Morgan fingerprint density at radius 3 is 2.83 bits per heavy atom. The number of likely N-dealkylation sites (tertiary alicyclic amines) is 2. The SMILES string of the molecule is CCOC(=O)c1c(-c2ccco2)csc1NC(=O)CN1CCCC(N2CCCC2)C1. The van der Waals surface area contributed by atoms with Gasteiger partial charge in [0.05, 0.1) is 19.4 Å². The maximum absolute atomic E-state index is 12.8. The van der Waals surface area contributed by atoms with E-state index in [1.165, 1.54) is 43.7 Å². The average Bonchev–Trinajstić information content (AvgIpc) is 3.49. The van der Waals surface area contributed by atoms with Crippen molar-refractivity contribution in [1.82, 2.24) is 9.80 Å². The number of ether oxygens (including phenoxy) is 1. The standard InChI is InChI=1S/C22H29N3O4S/c1-2-28-22(27)20-17(18-8-6-12-29-18)15-30-21(20)23-19(26)14-24-9-5-7-16(13-24)25-10-3-4-11-25/h6,8,12,15-16H,2-5,7,9-11,13-14H2,1H3,(H,23,26). The maximum Gasteiger partial charge on any atom is 0.341 e. The van der Waals surface area contributed by atoms with Gasteiger partial charge in [0.2, 0.25) is 5.91 Å². The van der Waals surface area contributed by atoms with E-state index in [1.807, 2.05) is 5.38 Å². The minimum atomic E-state index is -0.451. The Morgan fingerprint density at radius 1 is 1.27 bits per heavy atom. The van der Waals surface area contributed by atoms with Crippen molar-refractivity contribution in [1.29, 1.82) is 0 Å². The molecular formula is C22H29N3O4S. The number of furan rings is 1. The highest BCUT2D eigenvalue weighted by atomic mass is 32.1. The van der Waals surface area contributed by atoms with E-state index in [0.29, 0.717) is 34.5 Å². The summed E-state index contributed by atoms with van der Waals surface area (Å²) in [7, 11) is 0. The summed E-state index contributed by atoms with van der Waals surface area (Å²) >= 11 is 1.32. The number of anilines is 1. The molecule has 1 atom stereocenters. The lowest BCUT2D eigenvalue weighted by molar-refractivity contribution is -0.117. The van der Waals surface area contributed by atoms with Crippen LogP contribution in [0.1, 0.15) is 43.0 Å². The molecule has 2 fully saturated rings. The van der Waals surface area contributed by atoms with Crippen molar-refractivity contribution in [2.24, 2.45) is 0 Å². The molecule has 0 bridgehead atoms. The van der Waals surface area contributed by atoms with Gasteiger partial charge in [-0.25, -0.2) is 4.79 Å². The number of rotatable bonds is 7. The third kappa shape index (κ3) is 4.77. The molecule has 0 radical (unpaired) electrons. The van der Waals surface area contributed by atoms with Crippen LogP contribution in [-0.4, -0.2) is 67.0 Å². The predicted molar refractivity (Wildman–Crippen MR) is 117 cm³/mol. The van der Waals surface area contributed by atoms with Crippen molar-refractivity contribution >= 4 is 28.2 Å². The Morgan fingerprint density at radius 2 is 2.10 bits per heavy atom. The summed E-state index contributed by atoms with van der Waals surface area (Å²) in [6, 6.07) is 4.12. The van der Waals surface area contributed by atoms with Gasteiger partial charge in [-0.15, -0.1) is 11.3 Å². The second-order valence-electron chi connectivity index (χ2n) is 7.87. The number of hydrogen-bond acceptors (Lipinski definition) is 7. The monoisotopic (exact) mass is 431 g/mol. The first-order chi connectivity index (χ1) is 14.7. The van der Waals surface area contributed by atoms with E-state index in [9.17, 15) is 9.59 Å². The van der Waals surface area contributed by atoms with E-state index < -0.39 is 5.97 Å². The molecule has 2 aliphatic heterocycles. The van der Waals surface area contributed by atoms with Crippen LogP contribution in [0.4, 0.5) is 5.00 Å². The number of nitrogens with one attached hydrogen (secondary N) is 1. The summed E-state index contributed by atoms with van der Waals surface area (Å²) in [6.07, 6.45) is 6.45. The number of carbonyl (C=O) groups excluding carboxylic acids is 2. The predicted octanol–water partition coefficient (Wildman–Crippen LogP) is 3.68. The summed E-state index contributed by atoms with van der Waals surface area (Å²) in [4.78, 5) is 30.2. The van der Waals surface area contributed by atoms with Gasteiger partial charge in [0.1, 0.15) is 16.3 Å². The number of carbonyl (C=O) groups is 2. The number of hydrogen-bond donors (Lipinski definition) is 1. The second-order valence-corrected chi connectivity index (χ2v) is 8.75. The molecule has 1 N–H and O–H groups in total. The lowest BCUT2D eigenvalue weighted by Crippen LogP contribution is -2.48. The molecule has 2 aromatic heterocycles. The van der Waals surface area contributed by atoms with Gasteiger partial charge in [0.25, 0.3) is 0 Å². The fraction of sp³-hybridized carbons (Fsp3) is 0.545. The molecule has 2 saturated heterocycles. The molecule has 0 aromatic carbocycles. The molecule has 30 heavy (non-hydrogen) atoms. The van der Waals surface area contributed by atoms with Gasteiger partial charge in [0, 0.05) is 23.5 Å². The smallest absolute Gasteiger partial charge is 0.341 e. The van der Waals surface area contributed by atoms with Crippen LogP contribution in [0.15, 0.2) is 28.2 Å². The Hall–Kier alpha value is -2.16. The largest absolute Gasteiger partial charge is 0.464 e. The van der Waals surface area contributed by atoms with Gasteiger partial charge < -0.3 is 14.5 Å². The van der Waals surface area contributed by atoms with Gasteiger partial charge in [0.15, 0.2) is 0 Å². The number of esters is 1. The topological polar surface area (TPSA) is 75.0 Å². The molecule has 0 saturated carbocycles. The number of nitrogens with zero attached hydrogens (tertiary/aromatic N) is 2. The first-order valence-corrected chi connectivity index (χ1v) is 11.6. The number of thiophene rings is 1. The van der Waals surface area contributed by atoms with E-state index in [4.69, 9.17) is 9.15 Å². The molecule has 4 rings (SSSR count). The zero-order valence-corrected chi connectivity index (χ0v) is 18.2. The quantitative estimate of drug-likeness (QED) is 0.674. The van der Waals surface area contributed by atoms with Gasteiger partial charge in [-0.3, -0.25) is 14.6 Å². The highest BCUT2D eigenvalue weighted by Gasteiger charge is 2.29. The van der Waals surface area contributed by atoms with Crippen molar-refractivity contribution < 1.29 is 18.7 Å². The van der Waals surface area contributed by atoms with Gasteiger partial charge in [-0.05, 0) is 64.4 Å². The minimum absolute atomic E-state index is 0.101. The van der Waals surface area contributed by atoms with Gasteiger partial charge in [-0.2, -0.15) is 0 Å². The summed E-state index contributed by atoms with van der Waals surface area (Å²) in [5.74, 6) is 0.0299. The van der Waals surface area contributed by atoms with E-state index in [-0.39, 0.29) is 12.5 Å². The first kappa shape index (κ1) is 21.1. The third-order valence-electron chi connectivity index (χ3n) is 5.82. The van der Waals surface area contributed by atoms with Crippen LogP contribution in [0.5, 0.6) is 0 Å². The van der Waals surface area contributed by atoms with Crippen LogP contribution in [0.25, 0.3) is 11.3 Å². The van der Waals surface area contributed by atoms with E-state index in [1.54, 1.807) is 25.3 Å². The second kappa shape index (κ2) is 9.76. The van der Waals surface area contributed by atoms with Crippen molar-refractivity contribution in [3.05, 3.63) is 29.3 Å². The van der Waals surface area contributed by atoms with Gasteiger partial charge in [-0.1, -0.05) is 0 Å². The molecule has 2 aliphatic rings. The summed E-state index contributed by atoms with van der Waals surface area (Å²) in [6.45, 7) is 6.59. The summed E-state index contributed by atoms with van der Waals surface area (Å²) < 4.78 is 10.7. The van der Waals surface area contributed by atoms with Crippen LogP contribution < -0.4 is 5.32 Å². The lowest BCUT2D eigenvalue weighted by atomic mass is 10.0. The van der Waals surface area contributed by atoms with Crippen LogP contribution in [0.3, 0.4) is 0 Å². The molecule has 8 heteroatoms. The van der Waals surface area contributed by atoms with Crippen molar-refractivity contribution in [3.63, 3.8) is 0 Å². The Labute approximate surface area is 181 Å². The van der Waals surface area contributed by atoms with Crippen molar-refractivity contribution in [3.8, 4) is 11.3 Å². The zero-order chi connectivity index (χ0) is 20.9. The number of piperidine rings is 1. The van der Waals surface area contributed by atoms with E-state index in [0.717, 1.165) is 19.5 Å². The lowest BCUT2D eigenvalue weighted by Gasteiger charge is -2.37. The zero-order valence-electron chi connectivity index (χ0n) is 17.4. The Bertz CT molecular complexity index is 858. The van der Waals surface area contributed by atoms with Crippen molar-refractivity contribution in [2.45, 2.75) is 38.6 Å². The molecular weight excluding hydrogens is 402 g/mol. The molecule has 1 unspecified atom stereocenters. The average molecular weight is 432 g/mol. The Balaban J connectivity index is 1.43. The van der Waals surface area contributed by atoms with Crippen LogP contribution in [0.2, 0.25) is 0 Å². The molecule has 4 heterocycles. The maximum atomic E-state index is 12.8. The minimum Gasteiger partial charge on any atom is -0.464 e. The fourth-order valence-electron chi connectivity index (χ4n) is 4.42. The van der Waals surface area contributed by atoms with Gasteiger partial charge >= 0.3 is 5.97 Å². The molecule has 7 nitrogen and oxygen atoms in total. The third-order valence-corrected chi connectivity index (χ3v) is 6.71. The first-order valence-electron chi connectivity index (χ1n) is 10.7. The van der Waals surface area contributed by atoms with Crippen LogP contribution in [-0.2, 0) is 9.53 Å². The van der Waals surface area contributed by atoms with E-state index in [2.05, 4.69) is 15.1 Å². The van der Waals surface area contributed by atoms with Crippen LogP contribution in [0, 0.1) is 0 Å². The molecule has 0 spiro atoms. The molecule has 162 valence electrons. The molecule has 0 aliphatic carbocycles. The normalized spacial score (nSPS) is 20.4. The molecule has 1 amide bonds.